The zero-order valence-corrected chi connectivity index (χ0v) is 54.0. The maximum Gasteiger partial charge on any atom is 0.220 e. The lowest BCUT2D eigenvalue weighted by atomic mass is 9.97. The van der Waals surface area contributed by atoms with E-state index in [0.717, 1.165) is 89.9 Å². The van der Waals surface area contributed by atoms with E-state index >= 15 is 0 Å². The van der Waals surface area contributed by atoms with Crippen molar-refractivity contribution >= 4 is 5.91 Å². The topological polar surface area (TPSA) is 228 Å². The molecule has 12 unspecified atom stereocenters. The Balaban J connectivity index is 1.68. The Bertz CT molecular complexity index is 1920. The molecule has 2 rings (SSSR count). The van der Waals surface area contributed by atoms with Gasteiger partial charge in [0.2, 0.25) is 5.91 Å². The second-order valence-electron chi connectivity index (χ2n) is 23.6. The van der Waals surface area contributed by atoms with Crippen LogP contribution in [0.2, 0.25) is 0 Å². The van der Waals surface area contributed by atoms with Gasteiger partial charge >= 0.3 is 0 Å². The van der Waals surface area contributed by atoms with Crippen LogP contribution >= 0.6 is 0 Å². The molecule has 0 radical (unpaired) electrons. The van der Waals surface area contributed by atoms with E-state index in [4.69, 9.17) is 18.9 Å². The molecule has 2 aliphatic rings. The van der Waals surface area contributed by atoms with E-state index in [1.807, 2.05) is 6.08 Å². The SMILES string of the molecule is CC/C=C\C/C=C\C/C=C\C/C=C\C/C=C\C/C=C\C/C=C\C/C=C\CCCCCCCCCCCCC(=O)NC(COC1OC(CO)C(OC2OC(CO)C(O)C(O)C2O)C(O)C1O)C(O)/C=C/CC/C=C/CCCCCCCCCCCCCC. The van der Waals surface area contributed by atoms with Gasteiger partial charge in [-0.15, -0.1) is 0 Å². The zero-order valence-electron chi connectivity index (χ0n) is 54.0. The minimum atomic E-state index is -1.80. The number of carbonyl (C=O) groups excluding carboxylic acids is 1. The molecule has 2 saturated heterocycles. The summed E-state index contributed by atoms with van der Waals surface area (Å²) in [5.74, 6) is -0.258. The molecule has 0 spiro atoms. The number of hydrogen-bond acceptors (Lipinski definition) is 13. The van der Waals surface area contributed by atoms with Gasteiger partial charge < -0.3 is 65.1 Å². The Labute approximate surface area is 527 Å². The number of allylic oxidation sites excluding steroid dienone is 19. The fourth-order valence-electron chi connectivity index (χ4n) is 10.4. The van der Waals surface area contributed by atoms with Crippen LogP contribution < -0.4 is 5.32 Å². The van der Waals surface area contributed by atoms with Gasteiger partial charge in [-0.05, 0) is 96.3 Å². The smallest absolute Gasteiger partial charge is 0.220 e. The molecule has 498 valence electrons. The van der Waals surface area contributed by atoms with Crippen molar-refractivity contribution in [2.45, 2.75) is 312 Å². The van der Waals surface area contributed by atoms with Crippen LogP contribution in [0.4, 0.5) is 0 Å². The summed E-state index contributed by atoms with van der Waals surface area (Å²) in [5.41, 5.74) is 0. The molecule has 0 saturated carbocycles. The molecular weight excluding hydrogens is 1100 g/mol. The number of unbranched alkanes of at least 4 members (excludes halogenated alkanes) is 23. The summed E-state index contributed by atoms with van der Waals surface area (Å²) in [6.45, 7) is 2.66. The summed E-state index contributed by atoms with van der Waals surface area (Å²) in [7, 11) is 0. The van der Waals surface area contributed by atoms with Gasteiger partial charge in [0, 0.05) is 6.42 Å². The Morgan fingerprint density at radius 2 is 0.805 bits per heavy atom. The molecule has 12 atom stereocenters. The molecule has 2 aliphatic heterocycles. The van der Waals surface area contributed by atoms with Gasteiger partial charge in [-0.3, -0.25) is 4.79 Å². The van der Waals surface area contributed by atoms with E-state index in [1.54, 1.807) is 6.08 Å². The lowest BCUT2D eigenvalue weighted by Crippen LogP contribution is -2.65. The highest BCUT2D eigenvalue weighted by atomic mass is 16.7. The van der Waals surface area contributed by atoms with Crippen molar-refractivity contribution in [3.63, 3.8) is 0 Å². The van der Waals surface area contributed by atoms with Crippen molar-refractivity contribution in [1.82, 2.24) is 5.32 Å². The highest BCUT2D eigenvalue weighted by molar-refractivity contribution is 5.76. The predicted octanol–water partition coefficient (Wildman–Crippen LogP) is 13.7. The molecule has 14 heteroatoms. The molecule has 9 N–H and O–H groups in total. The largest absolute Gasteiger partial charge is 0.394 e. The zero-order chi connectivity index (χ0) is 63.1. The summed E-state index contributed by atoms with van der Waals surface area (Å²) in [4.78, 5) is 13.3. The molecule has 2 heterocycles. The second-order valence-corrected chi connectivity index (χ2v) is 23.6. The number of aliphatic hydroxyl groups is 8. The van der Waals surface area contributed by atoms with E-state index in [1.165, 1.54) is 116 Å². The Morgan fingerprint density at radius 3 is 1.26 bits per heavy atom. The van der Waals surface area contributed by atoms with E-state index in [0.29, 0.717) is 12.8 Å². The minimum Gasteiger partial charge on any atom is -0.394 e. The predicted molar refractivity (Wildman–Crippen MR) is 355 cm³/mol. The Hall–Kier alpha value is -3.61. The first-order valence-corrected chi connectivity index (χ1v) is 34.3. The van der Waals surface area contributed by atoms with Crippen LogP contribution in [0.3, 0.4) is 0 Å². The molecule has 0 aromatic heterocycles. The summed E-state index contributed by atoms with van der Waals surface area (Å²) < 4.78 is 22.8. The number of amides is 1. The molecule has 0 aromatic rings. The normalized spacial score (nSPS) is 24.1. The van der Waals surface area contributed by atoms with E-state index in [9.17, 15) is 45.6 Å². The number of hydrogen-bond donors (Lipinski definition) is 9. The van der Waals surface area contributed by atoms with Crippen LogP contribution in [-0.4, -0.2) is 140 Å². The van der Waals surface area contributed by atoms with Crippen LogP contribution in [0.5, 0.6) is 0 Å². The molecule has 0 aromatic carbocycles. The fourth-order valence-corrected chi connectivity index (χ4v) is 10.4. The van der Waals surface area contributed by atoms with Crippen molar-refractivity contribution in [2.75, 3.05) is 19.8 Å². The summed E-state index contributed by atoms with van der Waals surface area (Å²) in [6, 6.07) is -0.943. The maximum atomic E-state index is 13.3. The minimum absolute atomic E-state index is 0.258. The Kier molecular flexibility index (Phi) is 51.5. The van der Waals surface area contributed by atoms with Crippen molar-refractivity contribution in [2.24, 2.45) is 0 Å². The molecule has 2 fully saturated rings. The highest BCUT2D eigenvalue weighted by Gasteiger charge is 2.51. The molecule has 0 bridgehead atoms. The number of carbonyl (C=O) groups is 1. The van der Waals surface area contributed by atoms with Gasteiger partial charge in [-0.1, -0.05) is 257 Å². The first-order chi connectivity index (χ1) is 42.6. The van der Waals surface area contributed by atoms with Gasteiger partial charge in [0.05, 0.1) is 32.0 Å². The summed E-state index contributed by atoms with van der Waals surface area (Å²) >= 11 is 0. The lowest BCUT2D eigenvalue weighted by molar-refractivity contribution is -0.359. The second kappa shape index (κ2) is 56.4. The molecular formula is C73H123NO13. The molecule has 1 amide bonds. The third-order valence-electron chi connectivity index (χ3n) is 15.9. The van der Waals surface area contributed by atoms with Gasteiger partial charge in [0.15, 0.2) is 12.6 Å². The average Bonchev–Trinajstić information content (AvgIpc) is 3.71. The standard InChI is InChI=1S/C73H123NO13/c1-3-5-7-9-11-13-15-17-19-21-23-24-25-26-27-28-29-30-31-32-33-34-35-36-37-38-39-41-43-45-47-49-51-53-55-57-65(78)74-61(62(77)56-54-52-50-48-46-44-42-40-22-20-18-16-14-12-10-8-6-4-2)60-84-72-70(83)68(81)71(64(59-76)86-72)87-73-69(82)67(80)66(79)63(58-75)85-73/h5,7,11,13,17,19,23-24,26-27,29-30,32-33,35-36,46,48,54,56,61-64,66-73,75-77,79-83H,3-4,6,8-10,12,14-16,18,20-22,25,28,31,34,37-45,47,49-53,55,57-60H2,1-2H3,(H,74,78)/b7-5-,13-11-,19-17-,24-23-,27-26-,30-29-,33-32-,36-35-,48-46+,56-54+. The number of nitrogens with one attached hydrogen (secondary N) is 1. The first kappa shape index (κ1) is 79.5. The van der Waals surface area contributed by atoms with Crippen molar-refractivity contribution in [3.8, 4) is 0 Å². The van der Waals surface area contributed by atoms with Gasteiger partial charge in [0.1, 0.15) is 48.8 Å². The van der Waals surface area contributed by atoms with Crippen molar-refractivity contribution in [1.29, 1.82) is 0 Å². The van der Waals surface area contributed by atoms with Crippen LogP contribution in [-0.2, 0) is 23.7 Å². The fraction of sp³-hybridized carbons (Fsp3) is 0.712. The van der Waals surface area contributed by atoms with E-state index < -0.39 is 86.8 Å². The Morgan fingerprint density at radius 1 is 0.425 bits per heavy atom. The average molecular weight is 1220 g/mol. The summed E-state index contributed by atoms with van der Waals surface area (Å²) in [6.07, 6.45) is 65.3. The van der Waals surface area contributed by atoms with E-state index in [2.05, 4.69) is 129 Å². The number of rotatable bonds is 54. The van der Waals surface area contributed by atoms with Crippen molar-refractivity contribution < 1.29 is 64.6 Å². The number of ether oxygens (including phenoxy) is 4. The van der Waals surface area contributed by atoms with Crippen LogP contribution in [0.1, 0.15) is 239 Å². The lowest BCUT2D eigenvalue weighted by Gasteiger charge is -2.46. The highest BCUT2D eigenvalue weighted by Crippen LogP contribution is 2.30. The molecule has 0 aliphatic carbocycles. The quantitative estimate of drug-likeness (QED) is 0.0204. The molecule has 14 nitrogen and oxygen atoms in total. The number of aliphatic hydroxyl groups excluding tert-OH is 8. The van der Waals surface area contributed by atoms with Gasteiger partial charge in [-0.2, -0.15) is 0 Å². The van der Waals surface area contributed by atoms with Crippen LogP contribution in [0, 0.1) is 0 Å². The first-order valence-electron chi connectivity index (χ1n) is 34.3. The van der Waals surface area contributed by atoms with E-state index in [-0.39, 0.29) is 18.9 Å². The van der Waals surface area contributed by atoms with Crippen LogP contribution in [0.15, 0.2) is 122 Å². The van der Waals surface area contributed by atoms with Crippen LogP contribution in [0.25, 0.3) is 0 Å². The van der Waals surface area contributed by atoms with Gasteiger partial charge in [-0.25, -0.2) is 0 Å². The third kappa shape index (κ3) is 40.7. The molecule has 87 heavy (non-hydrogen) atoms. The van der Waals surface area contributed by atoms with Crippen molar-refractivity contribution in [3.05, 3.63) is 122 Å². The summed E-state index contributed by atoms with van der Waals surface area (Å²) in [5, 5.41) is 87.3. The van der Waals surface area contributed by atoms with Gasteiger partial charge in [0.25, 0.3) is 0 Å². The monoisotopic (exact) mass is 1220 g/mol. The third-order valence-corrected chi connectivity index (χ3v) is 15.9. The maximum absolute atomic E-state index is 13.3.